The van der Waals surface area contributed by atoms with Gasteiger partial charge < -0.3 is 10.2 Å². The summed E-state index contributed by atoms with van der Waals surface area (Å²) in [5.74, 6) is -2.82. The zero-order valence-electron chi connectivity index (χ0n) is 14.5. The van der Waals surface area contributed by atoms with E-state index in [1.54, 1.807) is 13.8 Å². The maximum absolute atomic E-state index is 12.3. The first kappa shape index (κ1) is 19.6. The summed E-state index contributed by atoms with van der Waals surface area (Å²) in [7, 11) is 0. The van der Waals surface area contributed by atoms with Crippen molar-refractivity contribution in [3.05, 3.63) is 0 Å². The van der Waals surface area contributed by atoms with E-state index in [1.807, 2.05) is 13.8 Å². The fourth-order valence-electron chi connectivity index (χ4n) is 2.25. The maximum Gasteiger partial charge on any atom is 0.334 e. The molecule has 0 aromatic rings. The van der Waals surface area contributed by atoms with Gasteiger partial charge in [0.2, 0.25) is 11.8 Å². The van der Waals surface area contributed by atoms with Gasteiger partial charge in [0.15, 0.2) is 0 Å². The monoisotopic (exact) mass is 340 g/mol. The van der Waals surface area contributed by atoms with Gasteiger partial charge in [-0.25, -0.2) is 9.69 Å². The van der Waals surface area contributed by atoms with E-state index in [9.17, 15) is 24.0 Å². The van der Waals surface area contributed by atoms with Crippen LogP contribution in [0.15, 0.2) is 0 Å². The zero-order chi connectivity index (χ0) is 18.4. The SMILES string of the molecule is CCNC(=O)CN(CC)C(=O)CN1C(=O)C(=O)N(CC(C)C)C1=O. The van der Waals surface area contributed by atoms with Crippen molar-refractivity contribution in [3.8, 4) is 0 Å². The molecule has 1 aliphatic rings. The van der Waals surface area contributed by atoms with E-state index in [0.717, 1.165) is 4.90 Å². The molecular formula is C15H24N4O5. The molecule has 9 nitrogen and oxygen atoms in total. The molecule has 0 bridgehead atoms. The number of urea groups is 1. The molecule has 9 heteroatoms. The lowest BCUT2D eigenvalue weighted by molar-refractivity contribution is -0.145. The molecular weight excluding hydrogens is 316 g/mol. The Kier molecular flexibility index (Phi) is 6.87. The molecule has 6 amide bonds. The largest absolute Gasteiger partial charge is 0.355 e. The quantitative estimate of drug-likeness (QED) is 0.470. The summed E-state index contributed by atoms with van der Waals surface area (Å²) < 4.78 is 0. The number of carbonyl (C=O) groups is 5. The molecule has 0 spiro atoms. The Morgan fingerprint density at radius 3 is 2.17 bits per heavy atom. The van der Waals surface area contributed by atoms with Gasteiger partial charge in [-0.2, -0.15) is 0 Å². The topological polar surface area (TPSA) is 107 Å². The molecule has 0 aromatic heterocycles. The highest BCUT2D eigenvalue weighted by molar-refractivity contribution is 6.45. The second-order valence-electron chi connectivity index (χ2n) is 5.84. The lowest BCUT2D eigenvalue weighted by Gasteiger charge is -2.23. The van der Waals surface area contributed by atoms with Crippen LogP contribution in [-0.4, -0.2) is 77.1 Å². The van der Waals surface area contributed by atoms with Crippen LogP contribution in [0.3, 0.4) is 0 Å². The third kappa shape index (κ3) is 4.53. The first-order chi connectivity index (χ1) is 11.2. The number of hydrogen-bond acceptors (Lipinski definition) is 5. The number of rotatable bonds is 8. The Balaban J connectivity index is 2.77. The third-order valence-corrected chi connectivity index (χ3v) is 3.42. The summed E-state index contributed by atoms with van der Waals surface area (Å²) in [6.45, 7) is 7.14. The number of likely N-dealkylation sites (N-methyl/N-ethyl adjacent to an activating group) is 2. The van der Waals surface area contributed by atoms with Crippen LogP contribution in [0, 0.1) is 5.92 Å². The Bertz CT molecular complexity index is 546. The van der Waals surface area contributed by atoms with Crippen molar-refractivity contribution in [3.63, 3.8) is 0 Å². The van der Waals surface area contributed by atoms with Gasteiger partial charge in [-0.05, 0) is 19.8 Å². The lowest BCUT2D eigenvalue weighted by atomic mass is 10.2. The Labute approximate surface area is 140 Å². The van der Waals surface area contributed by atoms with E-state index in [1.165, 1.54) is 4.90 Å². The summed E-state index contributed by atoms with van der Waals surface area (Å²) in [5.41, 5.74) is 0. The summed E-state index contributed by atoms with van der Waals surface area (Å²) in [4.78, 5) is 62.6. The van der Waals surface area contributed by atoms with Crippen molar-refractivity contribution in [2.75, 3.05) is 32.7 Å². The number of amides is 6. The van der Waals surface area contributed by atoms with Crippen LogP contribution in [-0.2, 0) is 19.2 Å². The van der Waals surface area contributed by atoms with Crippen molar-refractivity contribution >= 4 is 29.7 Å². The first-order valence-electron chi connectivity index (χ1n) is 7.94. The van der Waals surface area contributed by atoms with Gasteiger partial charge in [0.25, 0.3) is 0 Å². The van der Waals surface area contributed by atoms with Crippen molar-refractivity contribution in [1.82, 2.24) is 20.0 Å². The number of carbonyl (C=O) groups excluding carboxylic acids is 5. The minimum absolute atomic E-state index is 0.00577. The molecule has 1 saturated heterocycles. The predicted molar refractivity (Wildman–Crippen MR) is 84.6 cm³/mol. The molecule has 1 heterocycles. The summed E-state index contributed by atoms with van der Waals surface area (Å²) in [6, 6.07) is -0.791. The van der Waals surface area contributed by atoms with Crippen LogP contribution in [0.5, 0.6) is 0 Å². The van der Waals surface area contributed by atoms with Crippen LogP contribution in [0.4, 0.5) is 4.79 Å². The highest BCUT2D eigenvalue weighted by Crippen LogP contribution is 2.14. The average molecular weight is 340 g/mol. The minimum Gasteiger partial charge on any atom is -0.355 e. The predicted octanol–water partition coefficient (Wildman–Crippen LogP) is -0.582. The molecule has 1 fully saturated rings. The fourth-order valence-corrected chi connectivity index (χ4v) is 2.25. The van der Waals surface area contributed by atoms with Crippen molar-refractivity contribution in [2.45, 2.75) is 27.7 Å². The minimum atomic E-state index is -1.01. The van der Waals surface area contributed by atoms with Crippen LogP contribution in [0.1, 0.15) is 27.7 Å². The van der Waals surface area contributed by atoms with Crippen molar-refractivity contribution < 1.29 is 24.0 Å². The molecule has 24 heavy (non-hydrogen) atoms. The summed E-state index contributed by atoms with van der Waals surface area (Å²) in [5, 5.41) is 2.57. The molecule has 1 aliphatic heterocycles. The van der Waals surface area contributed by atoms with E-state index < -0.39 is 30.3 Å². The van der Waals surface area contributed by atoms with Crippen LogP contribution in [0.2, 0.25) is 0 Å². The normalized spacial score (nSPS) is 14.6. The number of nitrogens with zero attached hydrogens (tertiary/aromatic N) is 3. The summed E-state index contributed by atoms with van der Waals surface area (Å²) >= 11 is 0. The maximum atomic E-state index is 12.3. The standard InChI is InChI=1S/C15H24N4O5/c1-5-16-11(20)8-17(6-2)12(21)9-19-14(23)13(22)18(15(19)24)7-10(3)4/h10H,5-9H2,1-4H3,(H,16,20). The lowest BCUT2D eigenvalue weighted by Crippen LogP contribution is -2.46. The van der Waals surface area contributed by atoms with Gasteiger partial charge in [0.05, 0.1) is 6.54 Å². The summed E-state index contributed by atoms with van der Waals surface area (Å²) in [6.07, 6.45) is 0. The van der Waals surface area contributed by atoms with Crippen LogP contribution >= 0.6 is 0 Å². The fraction of sp³-hybridized carbons (Fsp3) is 0.667. The molecule has 0 radical (unpaired) electrons. The molecule has 0 unspecified atom stereocenters. The Morgan fingerprint density at radius 2 is 1.67 bits per heavy atom. The molecule has 1 rings (SSSR count). The highest BCUT2D eigenvalue weighted by atomic mass is 16.2. The van der Waals surface area contributed by atoms with E-state index in [2.05, 4.69) is 5.32 Å². The van der Waals surface area contributed by atoms with E-state index in [-0.39, 0.29) is 31.5 Å². The molecule has 0 saturated carbocycles. The van der Waals surface area contributed by atoms with Gasteiger partial charge in [-0.3, -0.25) is 24.1 Å². The highest BCUT2D eigenvalue weighted by Gasteiger charge is 2.45. The first-order valence-corrected chi connectivity index (χ1v) is 7.94. The third-order valence-electron chi connectivity index (χ3n) is 3.42. The molecule has 134 valence electrons. The molecule has 1 N–H and O–H groups in total. The van der Waals surface area contributed by atoms with Crippen LogP contribution < -0.4 is 5.32 Å². The van der Waals surface area contributed by atoms with E-state index in [0.29, 0.717) is 11.4 Å². The second kappa shape index (κ2) is 8.42. The number of nitrogens with one attached hydrogen (secondary N) is 1. The second-order valence-corrected chi connectivity index (χ2v) is 5.84. The zero-order valence-corrected chi connectivity index (χ0v) is 14.5. The Hall–Kier alpha value is -2.45. The van der Waals surface area contributed by atoms with Gasteiger partial charge in [0.1, 0.15) is 6.54 Å². The molecule has 0 aliphatic carbocycles. The van der Waals surface area contributed by atoms with Gasteiger partial charge in [-0.15, -0.1) is 0 Å². The van der Waals surface area contributed by atoms with Gasteiger partial charge in [-0.1, -0.05) is 13.8 Å². The number of hydrogen-bond donors (Lipinski definition) is 1. The number of imide groups is 2. The molecule has 0 aromatic carbocycles. The van der Waals surface area contributed by atoms with Gasteiger partial charge >= 0.3 is 17.8 Å². The smallest absolute Gasteiger partial charge is 0.334 e. The van der Waals surface area contributed by atoms with E-state index >= 15 is 0 Å². The molecule has 0 atom stereocenters. The van der Waals surface area contributed by atoms with Gasteiger partial charge in [0, 0.05) is 19.6 Å². The Morgan fingerprint density at radius 1 is 1.08 bits per heavy atom. The van der Waals surface area contributed by atoms with Crippen molar-refractivity contribution in [1.29, 1.82) is 0 Å². The van der Waals surface area contributed by atoms with E-state index in [4.69, 9.17) is 0 Å². The van der Waals surface area contributed by atoms with Crippen LogP contribution in [0.25, 0.3) is 0 Å². The average Bonchev–Trinajstić information content (AvgIpc) is 2.70. The van der Waals surface area contributed by atoms with Crippen molar-refractivity contribution in [2.24, 2.45) is 5.92 Å².